The first-order valence-electron chi connectivity index (χ1n) is 21.1. The Balaban J connectivity index is 1.45. The van der Waals surface area contributed by atoms with Crippen molar-refractivity contribution in [1.82, 2.24) is 20.3 Å². The Hall–Kier alpha value is -3.43. The van der Waals surface area contributed by atoms with Crippen LogP contribution >= 0.6 is 11.3 Å². The molecular weight excluding hydrogens is 833 g/mol. The SMILES string of the molecule is CC[C@H]1OC(=O)[C@H](C)[C@H]2OCC(NS(=O)(=O)c3cc4ccccc4s3)CNC(=O)O[C@](C)(C[C@@H](C)C(=O)[C@H](C)[C@@H]3NC(=O)O[C@]13C)[C@H](O[C@@H]1O[C@H](C)C[C@H](N(C)C)[C@H]1O)[C@H]2C. The van der Waals surface area contributed by atoms with Gasteiger partial charge >= 0.3 is 18.2 Å². The summed E-state index contributed by atoms with van der Waals surface area (Å²) in [5.41, 5.74) is -3.13. The molecule has 17 nitrogen and oxygen atoms in total. The van der Waals surface area contributed by atoms with Crippen molar-refractivity contribution >= 4 is 55.4 Å². The number of likely N-dealkylation sites (N-methyl/N-ethyl adjacent to an activating group) is 1. The molecule has 0 aliphatic carbocycles. The number of aliphatic hydroxyl groups is 1. The third-order valence-corrected chi connectivity index (χ3v) is 16.0. The highest BCUT2D eigenvalue weighted by Crippen LogP contribution is 2.42. The predicted octanol–water partition coefficient (Wildman–Crippen LogP) is 3.95. The molecule has 2 amide bonds. The summed E-state index contributed by atoms with van der Waals surface area (Å²) < 4.78 is 69.4. The number of thiophene rings is 1. The summed E-state index contributed by atoms with van der Waals surface area (Å²) in [6.07, 6.45) is -7.17. The monoisotopic (exact) mass is 894 g/mol. The Morgan fingerprint density at radius 1 is 1.02 bits per heavy atom. The molecule has 4 saturated heterocycles. The van der Waals surface area contributed by atoms with Crippen LogP contribution in [0.15, 0.2) is 34.5 Å². The normalized spacial score (nSPS) is 39.6. The summed E-state index contributed by atoms with van der Waals surface area (Å²) in [5.74, 6) is -4.67. The first-order chi connectivity index (χ1) is 28.6. The van der Waals surface area contributed by atoms with E-state index in [9.17, 15) is 32.7 Å². The number of ether oxygens (including phenoxy) is 6. The molecule has 4 fully saturated rings. The van der Waals surface area contributed by atoms with Gasteiger partial charge in [0.15, 0.2) is 11.9 Å². The second-order valence-corrected chi connectivity index (χ2v) is 20.9. The van der Waals surface area contributed by atoms with Crippen LogP contribution in [0.1, 0.15) is 74.7 Å². The lowest BCUT2D eigenvalue weighted by Crippen LogP contribution is -2.61. The Bertz CT molecular complexity index is 2020. The number of hydrogen-bond acceptors (Lipinski definition) is 15. The number of aliphatic hydroxyl groups excluding tert-OH is 1. The maximum atomic E-state index is 14.5. The number of sulfonamides is 1. The van der Waals surface area contributed by atoms with Gasteiger partial charge in [-0.3, -0.25) is 9.59 Å². The topological polar surface area (TPSA) is 217 Å². The maximum absolute atomic E-state index is 14.5. The zero-order valence-electron chi connectivity index (χ0n) is 36.5. The molecular formula is C42H62N4O13S2. The number of Topliss-reactive ketones (excluding diaryl/α,β-unsaturated/α-hetero) is 1. The quantitative estimate of drug-likeness (QED) is 0.229. The number of carbonyl (C=O) groups is 4. The van der Waals surface area contributed by atoms with Crippen molar-refractivity contribution in [3.05, 3.63) is 30.3 Å². The standard InChI is InChI=1S/C42H62N4O13S2/c1-11-30-42(8)35(44-40(51)59-42)23(4)32(47)21(2)18-41(7)36(57-38-33(48)28(46(9)10)16-22(3)55-38)24(5)34(25(6)37(49)56-30)54-20-27(19-43-39(50)58-41)45-61(52,53)31-17-26-14-12-13-15-29(26)60-31/h12-15,17,21-25,27-28,30,33-36,38,45,48H,11,16,18-20H2,1-10H3,(H,43,50)(H,44,51)/t21-,22-,23+,24+,25-,27?,28+,30-,33-,34+,35+,36-,38+,41-,42-/m1/s1. The van der Waals surface area contributed by atoms with Gasteiger partial charge in [0.25, 0.3) is 0 Å². The van der Waals surface area contributed by atoms with Gasteiger partial charge in [-0.25, -0.2) is 22.7 Å². The van der Waals surface area contributed by atoms with Gasteiger partial charge in [-0.05, 0) is 78.6 Å². The number of cyclic esters (lactones) is 1. The highest BCUT2D eigenvalue weighted by Gasteiger charge is 2.58. The minimum Gasteiger partial charge on any atom is -0.458 e. The van der Waals surface area contributed by atoms with Crippen molar-refractivity contribution in [1.29, 1.82) is 0 Å². The third kappa shape index (κ3) is 9.73. The smallest absolute Gasteiger partial charge is 0.408 e. The maximum Gasteiger partial charge on any atom is 0.408 e. The van der Waals surface area contributed by atoms with Crippen LogP contribution in [-0.2, 0) is 48.0 Å². The minimum atomic E-state index is -4.16. The summed E-state index contributed by atoms with van der Waals surface area (Å²) in [6, 6.07) is 6.49. The minimum absolute atomic E-state index is 0.0581. The number of esters is 1. The van der Waals surface area contributed by atoms with Crippen LogP contribution in [0.5, 0.6) is 0 Å². The Morgan fingerprint density at radius 3 is 2.39 bits per heavy atom. The van der Waals surface area contributed by atoms with Crippen molar-refractivity contribution in [2.24, 2.45) is 23.7 Å². The first kappa shape index (κ1) is 47.1. The molecule has 340 valence electrons. The van der Waals surface area contributed by atoms with Crippen LogP contribution in [-0.4, -0.2) is 136 Å². The summed E-state index contributed by atoms with van der Waals surface area (Å²) >= 11 is 1.09. The molecule has 61 heavy (non-hydrogen) atoms. The number of carbonyl (C=O) groups excluding carboxylic acids is 4. The highest BCUT2D eigenvalue weighted by molar-refractivity contribution is 7.91. The molecule has 0 radical (unpaired) electrons. The van der Waals surface area contributed by atoms with Gasteiger partial charge in [0, 0.05) is 35.0 Å². The van der Waals surface area contributed by atoms with Gasteiger partial charge in [-0.2, -0.15) is 0 Å². The second-order valence-electron chi connectivity index (χ2n) is 17.9. The number of amides is 2. The van der Waals surface area contributed by atoms with E-state index in [4.69, 9.17) is 28.4 Å². The van der Waals surface area contributed by atoms with Gasteiger partial charge in [-0.1, -0.05) is 45.9 Å². The van der Waals surface area contributed by atoms with Crippen LogP contribution in [0.2, 0.25) is 0 Å². The molecule has 4 aliphatic rings. The molecule has 1 aromatic heterocycles. The molecule has 1 aromatic carbocycles. The van der Waals surface area contributed by atoms with Crippen molar-refractivity contribution in [3.8, 4) is 0 Å². The fourth-order valence-corrected chi connectivity index (χ4v) is 12.3. The number of fused-ring (bicyclic) bond motifs is 5. The van der Waals surface area contributed by atoms with E-state index < -0.39 is 106 Å². The van der Waals surface area contributed by atoms with E-state index in [1.165, 1.54) is 0 Å². The molecule has 2 bridgehead atoms. The van der Waals surface area contributed by atoms with Crippen molar-refractivity contribution in [2.75, 3.05) is 27.2 Å². The van der Waals surface area contributed by atoms with Crippen LogP contribution in [0.25, 0.3) is 10.1 Å². The second kappa shape index (κ2) is 18.3. The largest absolute Gasteiger partial charge is 0.458 e. The van der Waals surface area contributed by atoms with Crippen molar-refractivity contribution in [3.63, 3.8) is 0 Å². The molecule has 4 N–H and O–H groups in total. The lowest BCUT2D eigenvalue weighted by molar-refractivity contribution is -0.299. The molecule has 15 atom stereocenters. The molecule has 5 heterocycles. The van der Waals surface area contributed by atoms with Gasteiger partial charge in [0.05, 0.1) is 36.8 Å². The van der Waals surface area contributed by atoms with Crippen LogP contribution < -0.4 is 15.4 Å². The zero-order valence-corrected chi connectivity index (χ0v) is 38.2. The van der Waals surface area contributed by atoms with Gasteiger partial charge in [0.2, 0.25) is 10.0 Å². The molecule has 4 aliphatic heterocycles. The fraction of sp³-hybridized carbons (Fsp3) is 0.714. The number of nitrogens with one attached hydrogen (secondary N) is 3. The lowest BCUT2D eigenvalue weighted by atomic mass is 9.73. The molecule has 6 rings (SSSR count). The number of benzene rings is 1. The molecule has 19 heteroatoms. The summed E-state index contributed by atoms with van der Waals surface area (Å²) in [5, 5.41) is 17.9. The molecule has 0 spiro atoms. The predicted molar refractivity (Wildman–Crippen MR) is 224 cm³/mol. The number of rotatable bonds is 7. The van der Waals surface area contributed by atoms with Crippen LogP contribution in [0.4, 0.5) is 9.59 Å². The van der Waals surface area contributed by atoms with E-state index in [0.717, 1.165) is 21.4 Å². The molecule has 2 aromatic rings. The molecule has 0 saturated carbocycles. The fourth-order valence-electron chi connectivity index (χ4n) is 9.71. The van der Waals surface area contributed by atoms with E-state index in [1.54, 1.807) is 54.5 Å². The van der Waals surface area contributed by atoms with Crippen molar-refractivity contribution < 1.29 is 61.1 Å². The van der Waals surface area contributed by atoms with E-state index in [0.29, 0.717) is 6.42 Å². The Morgan fingerprint density at radius 2 is 1.72 bits per heavy atom. The summed E-state index contributed by atoms with van der Waals surface area (Å²) in [4.78, 5) is 57.8. The average molecular weight is 895 g/mol. The Kier molecular flexibility index (Phi) is 14.2. The number of hydrogen-bond donors (Lipinski definition) is 4. The molecule has 1 unspecified atom stereocenters. The van der Waals surface area contributed by atoms with Gasteiger partial charge < -0.3 is 49.1 Å². The van der Waals surface area contributed by atoms with E-state index >= 15 is 0 Å². The highest BCUT2D eigenvalue weighted by atomic mass is 32.2. The lowest BCUT2D eigenvalue weighted by Gasteiger charge is -2.48. The zero-order chi connectivity index (χ0) is 44.8. The summed E-state index contributed by atoms with van der Waals surface area (Å²) in [6.45, 7) is 13.0. The van der Waals surface area contributed by atoms with Crippen molar-refractivity contribution in [2.45, 2.75) is 145 Å². The van der Waals surface area contributed by atoms with E-state index in [2.05, 4.69) is 15.4 Å². The van der Waals surface area contributed by atoms with E-state index in [-0.39, 0.29) is 48.1 Å². The van der Waals surface area contributed by atoms with Gasteiger partial charge in [-0.15, -0.1) is 11.3 Å². The average Bonchev–Trinajstić information content (AvgIpc) is 3.78. The van der Waals surface area contributed by atoms with Crippen LogP contribution in [0, 0.1) is 23.7 Å². The summed E-state index contributed by atoms with van der Waals surface area (Å²) in [7, 11) is -0.487. The van der Waals surface area contributed by atoms with E-state index in [1.807, 2.05) is 50.2 Å². The van der Waals surface area contributed by atoms with Crippen LogP contribution in [0.3, 0.4) is 0 Å². The first-order valence-corrected chi connectivity index (χ1v) is 23.4. The number of alkyl carbamates (subject to hydrolysis) is 2. The van der Waals surface area contributed by atoms with Gasteiger partial charge in [0.1, 0.15) is 33.9 Å². The Labute approximate surface area is 361 Å². The number of nitrogens with zero attached hydrogens (tertiary/aromatic N) is 1. The number of ketones is 1. The third-order valence-electron chi connectivity index (χ3n) is 12.9.